The minimum atomic E-state index is -0.696. The highest BCUT2D eigenvalue weighted by atomic mass is 16.5. The number of methoxy groups -OCH3 is 2. The number of hydrogen-bond acceptors (Lipinski definition) is 8. The molecular weight excluding hydrogens is 684 g/mol. The van der Waals surface area contributed by atoms with Crippen LogP contribution in [0.15, 0.2) is 83.1 Å². The van der Waals surface area contributed by atoms with Crippen LogP contribution in [-0.4, -0.2) is 96.7 Å². The Labute approximate surface area is 317 Å². The van der Waals surface area contributed by atoms with Crippen LogP contribution in [0.1, 0.15) is 64.5 Å². The number of aliphatic imine (C=N–C) groups is 2. The number of ether oxygens (including phenoxy) is 2. The Bertz CT molecular complexity index is 1910. The smallest absolute Gasteiger partial charge is 0.407 e. The summed E-state index contributed by atoms with van der Waals surface area (Å²) >= 11 is 0. The van der Waals surface area contributed by atoms with Crippen molar-refractivity contribution < 1.29 is 28.7 Å². The van der Waals surface area contributed by atoms with E-state index in [2.05, 4.69) is 59.2 Å². The molecule has 4 atom stereocenters. The van der Waals surface area contributed by atoms with Gasteiger partial charge in [0.1, 0.15) is 12.1 Å². The number of amides is 4. The van der Waals surface area contributed by atoms with Crippen LogP contribution < -0.4 is 10.6 Å². The van der Waals surface area contributed by atoms with Crippen LogP contribution in [0, 0.1) is 11.8 Å². The second kappa shape index (κ2) is 16.7. The Kier molecular flexibility index (Phi) is 11.8. The molecule has 0 aromatic heterocycles. The molecule has 54 heavy (non-hydrogen) atoms. The first kappa shape index (κ1) is 38.2. The Balaban J connectivity index is 1.04. The van der Waals surface area contributed by atoms with Crippen LogP contribution in [0.25, 0.3) is 22.3 Å². The van der Waals surface area contributed by atoms with Gasteiger partial charge >= 0.3 is 12.2 Å². The fraction of sp³-hybridized carbons (Fsp3) is 0.429. The fourth-order valence-electron chi connectivity index (χ4n) is 7.56. The first-order valence-electron chi connectivity index (χ1n) is 18.7. The molecule has 4 aliphatic heterocycles. The summed E-state index contributed by atoms with van der Waals surface area (Å²) in [6.45, 7) is 8.72. The zero-order valence-corrected chi connectivity index (χ0v) is 31.9. The molecule has 0 bridgehead atoms. The van der Waals surface area contributed by atoms with Gasteiger partial charge in [0.2, 0.25) is 11.8 Å². The van der Waals surface area contributed by atoms with Crippen molar-refractivity contribution in [3.63, 3.8) is 0 Å². The van der Waals surface area contributed by atoms with Gasteiger partial charge in [-0.15, -0.1) is 0 Å². The number of carbonyl (C=O) groups is 4. The molecule has 0 saturated carbocycles. The number of rotatable bonds is 11. The van der Waals surface area contributed by atoms with Crippen LogP contribution >= 0.6 is 0 Å². The van der Waals surface area contributed by atoms with Crippen LogP contribution in [0.2, 0.25) is 0 Å². The molecule has 2 aromatic rings. The number of likely N-dealkylation sites (tertiary alicyclic amines) is 1. The van der Waals surface area contributed by atoms with Gasteiger partial charge < -0.3 is 29.9 Å². The maximum absolute atomic E-state index is 13.5. The number of allylic oxidation sites excluding steroid dienone is 2. The van der Waals surface area contributed by atoms with E-state index < -0.39 is 24.3 Å². The Morgan fingerprint density at radius 3 is 1.65 bits per heavy atom. The van der Waals surface area contributed by atoms with Crippen LogP contribution in [0.3, 0.4) is 0 Å². The first-order chi connectivity index (χ1) is 26.0. The van der Waals surface area contributed by atoms with Crippen molar-refractivity contribution in [2.45, 2.75) is 77.5 Å². The molecule has 4 amide bonds. The van der Waals surface area contributed by atoms with Crippen molar-refractivity contribution in [2.75, 3.05) is 27.3 Å². The molecule has 1 saturated heterocycles. The van der Waals surface area contributed by atoms with Crippen molar-refractivity contribution in [1.82, 2.24) is 20.4 Å². The SMILES string of the molecule is COC(=O)N[C@H](C(=O)N1CC=C[C@H]1C1=NC=C(c2ccc(-c3ccc(C4=CN=C([C@@H]5CCCN5C(=O)[C@@H](NC(=O)OC)C(C)C)C4)cc3)cc2)C1)C(C)C. The van der Waals surface area contributed by atoms with Crippen LogP contribution in [0.4, 0.5) is 9.59 Å². The second-order valence-corrected chi connectivity index (χ2v) is 14.8. The maximum atomic E-state index is 13.5. The molecular formula is C42H50N6O6. The van der Waals surface area contributed by atoms with E-state index >= 15 is 0 Å². The van der Waals surface area contributed by atoms with Crippen LogP contribution in [-0.2, 0) is 19.1 Å². The third-order valence-electron chi connectivity index (χ3n) is 10.6. The maximum Gasteiger partial charge on any atom is 0.407 e. The summed E-state index contributed by atoms with van der Waals surface area (Å²) in [7, 11) is 2.59. The third kappa shape index (κ3) is 8.17. The van der Waals surface area contributed by atoms with Gasteiger partial charge in [-0.25, -0.2) is 9.59 Å². The van der Waals surface area contributed by atoms with E-state index in [4.69, 9.17) is 19.5 Å². The summed E-state index contributed by atoms with van der Waals surface area (Å²) < 4.78 is 9.51. The molecule has 0 aliphatic carbocycles. The predicted molar refractivity (Wildman–Crippen MR) is 210 cm³/mol. The van der Waals surface area contributed by atoms with Gasteiger partial charge in [-0.1, -0.05) is 88.4 Å². The molecule has 284 valence electrons. The van der Waals surface area contributed by atoms with E-state index in [1.165, 1.54) is 14.2 Å². The second-order valence-electron chi connectivity index (χ2n) is 14.8. The summed E-state index contributed by atoms with van der Waals surface area (Å²) in [6, 6.07) is 15.2. The first-order valence-corrected chi connectivity index (χ1v) is 18.7. The normalized spacial score (nSPS) is 20.4. The molecule has 12 heteroatoms. The molecule has 2 aromatic carbocycles. The van der Waals surface area contributed by atoms with E-state index in [0.717, 1.165) is 57.7 Å². The number of nitrogens with one attached hydrogen (secondary N) is 2. The fourth-order valence-corrected chi connectivity index (χ4v) is 7.56. The molecule has 0 unspecified atom stereocenters. The third-order valence-corrected chi connectivity index (χ3v) is 10.6. The highest BCUT2D eigenvalue weighted by Crippen LogP contribution is 2.33. The minimum absolute atomic E-state index is 0.0828. The van der Waals surface area contributed by atoms with Crippen molar-refractivity contribution >= 4 is 46.6 Å². The lowest BCUT2D eigenvalue weighted by molar-refractivity contribution is -0.134. The predicted octanol–water partition coefficient (Wildman–Crippen LogP) is 6.24. The monoisotopic (exact) mass is 734 g/mol. The van der Waals surface area contributed by atoms with E-state index in [1.807, 2.05) is 57.1 Å². The zero-order chi connectivity index (χ0) is 38.5. The molecule has 12 nitrogen and oxygen atoms in total. The minimum Gasteiger partial charge on any atom is -0.453 e. The van der Waals surface area contributed by atoms with Crippen molar-refractivity contribution in [2.24, 2.45) is 21.8 Å². The zero-order valence-electron chi connectivity index (χ0n) is 31.9. The molecule has 4 aliphatic rings. The van der Waals surface area contributed by atoms with Crippen molar-refractivity contribution in [3.05, 3.63) is 84.2 Å². The molecule has 0 radical (unpaired) electrons. The topological polar surface area (TPSA) is 142 Å². The summed E-state index contributed by atoms with van der Waals surface area (Å²) in [4.78, 5) is 64.1. The highest BCUT2D eigenvalue weighted by molar-refractivity contribution is 6.05. The lowest BCUT2D eigenvalue weighted by Gasteiger charge is -2.31. The summed E-state index contributed by atoms with van der Waals surface area (Å²) in [6.07, 6.45) is 9.56. The number of carbonyl (C=O) groups excluding carboxylic acids is 4. The highest BCUT2D eigenvalue weighted by Gasteiger charge is 2.39. The lowest BCUT2D eigenvalue weighted by atomic mass is 9.94. The number of benzene rings is 2. The van der Waals surface area contributed by atoms with E-state index in [1.54, 1.807) is 4.90 Å². The van der Waals surface area contributed by atoms with Gasteiger partial charge in [0, 0.05) is 49.8 Å². The van der Waals surface area contributed by atoms with E-state index in [-0.39, 0.29) is 35.7 Å². The number of nitrogens with zero attached hydrogens (tertiary/aromatic N) is 4. The molecule has 2 N–H and O–H groups in total. The Morgan fingerprint density at radius 1 is 0.685 bits per heavy atom. The Morgan fingerprint density at radius 2 is 1.15 bits per heavy atom. The molecule has 0 spiro atoms. The number of alkyl carbamates (subject to hydrolysis) is 2. The number of hydrogen-bond donors (Lipinski definition) is 2. The van der Waals surface area contributed by atoms with Gasteiger partial charge in [0.25, 0.3) is 0 Å². The quantitative estimate of drug-likeness (QED) is 0.262. The largest absolute Gasteiger partial charge is 0.453 e. The van der Waals surface area contributed by atoms with E-state index in [9.17, 15) is 19.2 Å². The lowest BCUT2D eigenvalue weighted by Crippen LogP contribution is -2.53. The summed E-state index contributed by atoms with van der Waals surface area (Å²) in [5, 5.41) is 5.40. The van der Waals surface area contributed by atoms with E-state index in [0.29, 0.717) is 25.9 Å². The average Bonchev–Trinajstić information content (AvgIpc) is 4.02. The standard InChI is InChI=1S/C42H50N6O6/c1-25(2)37(45-41(51)53-5)39(49)47-19-7-9-35(47)33-21-31(23-43-33)29-15-11-27(12-16-29)28-13-17-30(18-14-28)32-22-34(44-24-32)36-10-8-20-48(36)40(50)38(26(3)4)46-42(52)54-6/h7,9,11-18,23-26,35-38H,8,10,19-22H2,1-6H3,(H,45,51)(H,46,52)/t35-,36-,37-,38-/m0/s1. The van der Waals surface area contributed by atoms with Gasteiger partial charge in [-0.05, 0) is 58.1 Å². The molecule has 6 rings (SSSR count). The summed E-state index contributed by atoms with van der Waals surface area (Å²) in [5.74, 6) is -0.450. The Hall–Kier alpha value is -5.52. The van der Waals surface area contributed by atoms with Gasteiger partial charge in [0.15, 0.2) is 0 Å². The van der Waals surface area contributed by atoms with Gasteiger partial charge in [-0.3, -0.25) is 19.6 Å². The van der Waals surface area contributed by atoms with Crippen molar-refractivity contribution in [3.8, 4) is 11.1 Å². The molecule has 4 heterocycles. The summed E-state index contributed by atoms with van der Waals surface area (Å²) in [5.41, 5.74) is 8.41. The van der Waals surface area contributed by atoms with Crippen molar-refractivity contribution in [1.29, 1.82) is 0 Å². The van der Waals surface area contributed by atoms with Gasteiger partial charge in [0.05, 0.1) is 26.3 Å². The van der Waals surface area contributed by atoms with Crippen LogP contribution in [0.5, 0.6) is 0 Å². The molecule has 1 fully saturated rings. The average molecular weight is 735 g/mol. The van der Waals surface area contributed by atoms with Gasteiger partial charge in [-0.2, -0.15) is 0 Å².